The van der Waals surface area contributed by atoms with Gasteiger partial charge in [0.2, 0.25) is 5.28 Å². The summed E-state index contributed by atoms with van der Waals surface area (Å²) in [5.41, 5.74) is 0.965. The number of hydrogen-bond acceptors (Lipinski definition) is 9. The second-order valence-corrected chi connectivity index (χ2v) is 12.7. The van der Waals surface area contributed by atoms with Gasteiger partial charge < -0.3 is 34.4 Å². The molecule has 37 heavy (non-hydrogen) atoms. The number of aliphatic hydroxyl groups is 1. The van der Waals surface area contributed by atoms with E-state index in [-0.39, 0.29) is 28.3 Å². The van der Waals surface area contributed by atoms with Gasteiger partial charge in [-0.2, -0.15) is 9.97 Å². The van der Waals surface area contributed by atoms with Crippen molar-refractivity contribution in [3.8, 4) is 0 Å². The summed E-state index contributed by atoms with van der Waals surface area (Å²) in [6.07, 6.45) is -5.65. The molecule has 0 radical (unpaired) electrons. The molecule has 4 rings (SSSR count). The van der Waals surface area contributed by atoms with Crippen LogP contribution in [0.5, 0.6) is 0 Å². The number of fused-ring (bicyclic) bond motifs is 1. The van der Waals surface area contributed by atoms with Gasteiger partial charge in [-0.1, -0.05) is 12.1 Å². The molecule has 1 saturated heterocycles. The molecule has 5 N–H and O–H groups in total. The monoisotopic (exact) mass is 583 g/mol. The first-order valence-corrected chi connectivity index (χ1v) is 14.6. The topological polar surface area (TPSA) is 189 Å². The number of aromatic nitrogens is 4. The first-order chi connectivity index (χ1) is 17.2. The quantitative estimate of drug-likeness (QED) is 0.183. The summed E-state index contributed by atoms with van der Waals surface area (Å²) in [6, 6.07) is 5.41. The van der Waals surface area contributed by atoms with Gasteiger partial charge >= 0.3 is 15.2 Å². The van der Waals surface area contributed by atoms with Gasteiger partial charge in [0.1, 0.15) is 18.0 Å². The number of imidazole rings is 1. The Morgan fingerprint density at radius 3 is 2.57 bits per heavy atom. The van der Waals surface area contributed by atoms with E-state index in [1.165, 1.54) is 18.5 Å². The molecule has 0 amide bonds. The molecule has 1 unspecified atom stereocenters. The van der Waals surface area contributed by atoms with E-state index in [4.69, 9.17) is 26.1 Å². The molecule has 0 spiro atoms. The van der Waals surface area contributed by atoms with E-state index in [2.05, 4.69) is 24.8 Å². The van der Waals surface area contributed by atoms with Gasteiger partial charge in [0.15, 0.2) is 35.3 Å². The highest BCUT2D eigenvalue weighted by atomic mass is 35.5. The average Bonchev–Trinajstić information content (AvgIpc) is 3.32. The van der Waals surface area contributed by atoms with Crippen molar-refractivity contribution in [2.75, 3.05) is 17.8 Å². The molecule has 0 bridgehead atoms. The average molecular weight is 584 g/mol. The molecule has 18 heteroatoms. The van der Waals surface area contributed by atoms with Crippen molar-refractivity contribution >= 4 is 43.8 Å². The van der Waals surface area contributed by atoms with Crippen LogP contribution < -0.4 is 5.32 Å². The molecule has 1 fully saturated rings. The molecule has 1 aliphatic heterocycles. The van der Waals surface area contributed by atoms with Gasteiger partial charge in [0.25, 0.3) is 0 Å². The van der Waals surface area contributed by atoms with Crippen LogP contribution >= 0.6 is 26.8 Å². The number of nitrogens with one attached hydrogen (secondary N) is 1. The minimum absolute atomic E-state index is 0.0459. The highest BCUT2D eigenvalue weighted by molar-refractivity contribution is 7.70. The molecular formula is C19H22ClF2N5O8P2. The second kappa shape index (κ2) is 10.6. The minimum atomic E-state index is -4.87. The van der Waals surface area contributed by atoms with E-state index in [1.54, 1.807) is 19.1 Å². The number of anilines is 1. The molecule has 3 aromatic rings. The van der Waals surface area contributed by atoms with Crippen LogP contribution in [0.4, 0.5) is 14.6 Å². The van der Waals surface area contributed by atoms with Gasteiger partial charge in [-0.3, -0.25) is 13.7 Å². The van der Waals surface area contributed by atoms with E-state index < -0.39 is 58.1 Å². The summed E-state index contributed by atoms with van der Waals surface area (Å²) in [5.74, 6) is -1.65. The zero-order valence-electron chi connectivity index (χ0n) is 18.9. The molecule has 6 atom stereocenters. The molecular weight excluding hydrogens is 562 g/mol. The number of ether oxygens (including phenoxy) is 1. The minimum Gasteiger partial charge on any atom is -0.387 e. The number of rotatable bonds is 9. The van der Waals surface area contributed by atoms with Crippen LogP contribution in [0, 0.1) is 5.82 Å². The van der Waals surface area contributed by atoms with E-state index in [0.717, 1.165) is 10.1 Å². The lowest BCUT2D eigenvalue weighted by Gasteiger charge is -2.18. The zero-order chi connectivity index (χ0) is 27.1. The summed E-state index contributed by atoms with van der Waals surface area (Å²) >= 11 is 6.08. The summed E-state index contributed by atoms with van der Waals surface area (Å²) in [4.78, 5) is 39.8. The van der Waals surface area contributed by atoms with Gasteiger partial charge in [0, 0.05) is 0 Å². The highest BCUT2D eigenvalue weighted by Crippen LogP contribution is 2.55. The van der Waals surface area contributed by atoms with E-state index in [1.807, 2.05) is 0 Å². The second-order valence-electron chi connectivity index (χ2n) is 8.32. The fourth-order valence-electron chi connectivity index (χ4n) is 3.75. The maximum absolute atomic E-state index is 15.0. The predicted molar refractivity (Wildman–Crippen MR) is 126 cm³/mol. The fourth-order valence-corrected chi connectivity index (χ4v) is 6.48. The summed E-state index contributed by atoms with van der Waals surface area (Å²) in [6.45, 7) is 0.966. The Hall–Kier alpha value is -2.06. The number of alkyl halides is 1. The van der Waals surface area contributed by atoms with Crippen LogP contribution in [-0.4, -0.2) is 70.2 Å². The predicted octanol–water partition coefficient (Wildman–Crippen LogP) is 2.73. The first-order valence-electron chi connectivity index (χ1n) is 10.6. The van der Waals surface area contributed by atoms with Crippen molar-refractivity contribution in [2.45, 2.75) is 37.6 Å². The molecule has 202 valence electrons. The molecule has 1 aromatic carbocycles. The maximum atomic E-state index is 15.0. The Labute approximate surface area is 213 Å². The smallest absolute Gasteiger partial charge is 0.340 e. The van der Waals surface area contributed by atoms with Crippen LogP contribution in [0.15, 0.2) is 30.6 Å². The fraction of sp³-hybridized carbons (Fsp3) is 0.421. The normalized spacial score (nSPS) is 24.8. The number of nitrogens with zero attached hydrogens (tertiary/aromatic N) is 4. The zero-order valence-corrected chi connectivity index (χ0v) is 21.5. The molecule has 3 heterocycles. The number of aliphatic hydroxyl groups excluding tert-OH is 1. The SMILES string of the molecule is C[C@H](Nc1nc(Cl)nc2c1ncn2[C@@H]1O[C@H](COP(=O)(O)CP(=O)(O)O)[C@@H](O)[C@@H]1F)c1ccc(F)cc1. The van der Waals surface area contributed by atoms with Gasteiger partial charge in [-0.05, 0) is 36.2 Å². The summed E-state index contributed by atoms with van der Waals surface area (Å²) in [7, 11) is -9.62. The molecule has 1 aliphatic rings. The van der Waals surface area contributed by atoms with Crippen LogP contribution in [-0.2, 0) is 18.4 Å². The van der Waals surface area contributed by atoms with Crippen molar-refractivity contribution in [3.05, 3.63) is 47.3 Å². The Morgan fingerprint density at radius 2 is 1.92 bits per heavy atom. The molecule has 2 aromatic heterocycles. The Kier molecular flexibility index (Phi) is 8.01. The van der Waals surface area contributed by atoms with Crippen LogP contribution in [0.1, 0.15) is 24.8 Å². The molecule has 13 nitrogen and oxygen atoms in total. The van der Waals surface area contributed by atoms with Crippen molar-refractivity contribution in [3.63, 3.8) is 0 Å². The number of hydrogen-bond donors (Lipinski definition) is 5. The largest absolute Gasteiger partial charge is 0.387 e. The maximum Gasteiger partial charge on any atom is 0.340 e. The van der Waals surface area contributed by atoms with Crippen molar-refractivity contribution in [2.24, 2.45) is 0 Å². The van der Waals surface area contributed by atoms with Crippen molar-refractivity contribution in [1.82, 2.24) is 19.5 Å². The summed E-state index contributed by atoms with van der Waals surface area (Å²) < 4.78 is 62.4. The van der Waals surface area contributed by atoms with Crippen molar-refractivity contribution in [1.29, 1.82) is 0 Å². The van der Waals surface area contributed by atoms with Gasteiger partial charge in [-0.15, -0.1) is 0 Å². The lowest BCUT2D eigenvalue weighted by Crippen LogP contribution is -2.31. The molecule has 0 saturated carbocycles. The Balaban J connectivity index is 1.55. The van der Waals surface area contributed by atoms with Gasteiger partial charge in [0.05, 0.1) is 19.0 Å². The number of benzene rings is 1. The Bertz CT molecular complexity index is 1380. The standard InChI is InChI=1S/C19H22ClF2N5O8P2/c1-9(10-2-4-11(21)5-3-10)24-16-14-17(26-19(20)25-16)27(7-23-14)18-13(22)15(28)12(35-18)6-34-37(32,33)8-36(29,30)31/h2-5,7,9,12-13,15,18,28H,6,8H2,1H3,(H,32,33)(H,24,25,26)(H2,29,30,31)/t9-,12+,13-,15+,18+/m0/s1. The van der Waals surface area contributed by atoms with Crippen LogP contribution in [0.2, 0.25) is 5.28 Å². The Morgan fingerprint density at radius 1 is 1.24 bits per heavy atom. The van der Waals surface area contributed by atoms with Crippen molar-refractivity contribution < 1.29 is 47.0 Å². The number of halogens is 3. The van der Waals surface area contributed by atoms with Crippen LogP contribution in [0.25, 0.3) is 11.2 Å². The third kappa shape index (κ3) is 6.51. The summed E-state index contributed by atoms with van der Waals surface area (Å²) in [5, 5.41) is 13.1. The lowest BCUT2D eigenvalue weighted by molar-refractivity contribution is -0.0425. The lowest BCUT2D eigenvalue weighted by atomic mass is 10.1. The van der Waals surface area contributed by atoms with E-state index in [9.17, 15) is 23.5 Å². The third-order valence-electron chi connectivity index (χ3n) is 5.49. The van der Waals surface area contributed by atoms with Gasteiger partial charge in [-0.25, -0.2) is 13.8 Å². The van der Waals surface area contributed by atoms with E-state index >= 15 is 4.39 Å². The van der Waals surface area contributed by atoms with Crippen LogP contribution in [0.3, 0.4) is 0 Å². The molecule has 0 aliphatic carbocycles. The van der Waals surface area contributed by atoms with E-state index in [0.29, 0.717) is 0 Å². The first kappa shape index (κ1) is 28.0. The highest BCUT2D eigenvalue weighted by Gasteiger charge is 2.47. The third-order valence-corrected chi connectivity index (χ3v) is 9.11.